The van der Waals surface area contributed by atoms with Crippen LogP contribution in [0, 0.1) is 5.92 Å². The van der Waals surface area contributed by atoms with Gasteiger partial charge in [-0.1, -0.05) is 44.8 Å². The van der Waals surface area contributed by atoms with Crippen molar-refractivity contribution in [2.45, 2.75) is 64.4 Å². The molecule has 0 aliphatic heterocycles. The fourth-order valence-corrected chi connectivity index (χ4v) is 2.71. The monoisotopic (exact) mass is 196 g/mol. The molecule has 0 heterocycles. The van der Waals surface area contributed by atoms with Gasteiger partial charge in [-0.05, 0) is 26.2 Å². The topological polar surface area (TPSA) is 20.2 Å². The maximum atomic E-state index is 10.6. The number of unbranched alkanes of at least 4 members (excludes halogenated alkanes) is 1. The van der Waals surface area contributed by atoms with Crippen molar-refractivity contribution < 1.29 is 5.11 Å². The Balaban J connectivity index is 2.64. The van der Waals surface area contributed by atoms with Gasteiger partial charge in [0.2, 0.25) is 0 Å². The van der Waals surface area contributed by atoms with Crippen LogP contribution in [0.2, 0.25) is 0 Å². The summed E-state index contributed by atoms with van der Waals surface area (Å²) in [5, 5.41) is 10.6. The Bertz CT molecular complexity index is 197. The standard InChI is InChI=1S/C13H24O/c1-4-5-9-13(14)10-7-6-8-12(13)11(2)3/h12,14H,2,4-10H2,1,3H3/t12-,13-/m0/s1. The molecule has 0 amide bonds. The summed E-state index contributed by atoms with van der Waals surface area (Å²) in [5.41, 5.74) is 0.739. The Kier molecular flexibility index (Phi) is 4.18. The predicted octanol–water partition coefficient (Wildman–Crippen LogP) is 3.67. The van der Waals surface area contributed by atoms with Gasteiger partial charge in [-0.3, -0.25) is 0 Å². The number of hydrogen-bond donors (Lipinski definition) is 1. The molecule has 1 rings (SSSR count). The first kappa shape index (κ1) is 11.8. The van der Waals surface area contributed by atoms with Crippen molar-refractivity contribution in [1.29, 1.82) is 0 Å². The molecule has 0 unspecified atom stereocenters. The highest BCUT2D eigenvalue weighted by atomic mass is 16.3. The maximum absolute atomic E-state index is 10.6. The van der Waals surface area contributed by atoms with E-state index in [0.717, 1.165) is 25.7 Å². The molecule has 2 atom stereocenters. The lowest BCUT2D eigenvalue weighted by molar-refractivity contribution is -0.0422. The summed E-state index contributed by atoms with van der Waals surface area (Å²) in [6.07, 6.45) is 7.82. The van der Waals surface area contributed by atoms with Gasteiger partial charge in [-0.25, -0.2) is 0 Å². The second-order valence-corrected chi connectivity index (χ2v) is 4.85. The molecule has 0 aromatic heterocycles. The van der Waals surface area contributed by atoms with Gasteiger partial charge in [0.25, 0.3) is 0 Å². The summed E-state index contributed by atoms with van der Waals surface area (Å²) >= 11 is 0. The zero-order chi connectivity index (χ0) is 10.6. The second kappa shape index (κ2) is 4.97. The molecular formula is C13H24O. The van der Waals surface area contributed by atoms with Crippen LogP contribution in [0.25, 0.3) is 0 Å². The molecule has 1 heteroatoms. The quantitative estimate of drug-likeness (QED) is 0.680. The van der Waals surface area contributed by atoms with E-state index in [1.165, 1.54) is 24.8 Å². The minimum Gasteiger partial charge on any atom is -0.389 e. The van der Waals surface area contributed by atoms with Gasteiger partial charge in [-0.2, -0.15) is 0 Å². The van der Waals surface area contributed by atoms with Crippen molar-refractivity contribution in [3.8, 4) is 0 Å². The number of rotatable bonds is 4. The van der Waals surface area contributed by atoms with E-state index in [1.807, 2.05) is 0 Å². The molecule has 0 radical (unpaired) electrons. The molecule has 14 heavy (non-hydrogen) atoms. The zero-order valence-corrected chi connectivity index (χ0v) is 9.68. The summed E-state index contributed by atoms with van der Waals surface area (Å²) in [5.74, 6) is 0.350. The first-order valence-corrected chi connectivity index (χ1v) is 5.98. The summed E-state index contributed by atoms with van der Waals surface area (Å²) < 4.78 is 0. The number of aliphatic hydroxyl groups is 1. The van der Waals surface area contributed by atoms with Crippen molar-refractivity contribution in [3.05, 3.63) is 12.2 Å². The van der Waals surface area contributed by atoms with Gasteiger partial charge >= 0.3 is 0 Å². The Labute approximate surface area is 88.2 Å². The molecule has 82 valence electrons. The van der Waals surface area contributed by atoms with E-state index in [-0.39, 0.29) is 0 Å². The van der Waals surface area contributed by atoms with Crippen LogP contribution in [-0.2, 0) is 0 Å². The van der Waals surface area contributed by atoms with Crippen LogP contribution < -0.4 is 0 Å². The summed E-state index contributed by atoms with van der Waals surface area (Å²) in [7, 11) is 0. The highest BCUT2D eigenvalue weighted by Crippen LogP contribution is 2.40. The fourth-order valence-electron chi connectivity index (χ4n) is 2.71. The van der Waals surface area contributed by atoms with Gasteiger partial charge in [0.1, 0.15) is 0 Å². The van der Waals surface area contributed by atoms with Crippen molar-refractivity contribution in [3.63, 3.8) is 0 Å². The first-order chi connectivity index (χ1) is 6.60. The minimum atomic E-state index is -0.430. The van der Waals surface area contributed by atoms with Crippen LogP contribution in [0.4, 0.5) is 0 Å². The van der Waals surface area contributed by atoms with Gasteiger partial charge in [0, 0.05) is 5.92 Å². The van der Waals surface area contributed by atoms with Crippen molar-refractivity contribution in [2.75, 3.05) is 0 Å². The van der Waals surface area contributed by atoms with Crippen molar-refractivity contribution in [2.24, 2.45) is 5.92 Å². The SMILES string of the molecule is C=C(C)[C@@H]1CCCC[C@@]1(O)CCCC. The van der Waals surface area contributed by atoms with E-state index < -0.39 is 5.60 Å². The zero-order valence-electron chi connectivity index (χ0n) is 9.68. The first-order valence-electron chi connectivity index (χ1n) is 5.98. The summed E-state index contributed by atoms with van der Waals surface area (Å²) in [6, 6.07) is 0. The average molecular weight is 196 g/mol. The van der Waals surface area contributed by atoms with Crippen LogP contribution in [0.5, 0.6) is 0 Å². The van der Waals surface area contributed by atoms with Crippen molar-refractivity contribution in [1.82, 2.24) is 0 Å². The Morgan fingerprint density at radius 1 is 1.50 bits per heavy atom. The van der Waals surface area contributed by atoms with E-state index in [1.54, 1.807) is 0 Å². The highest BCUT2D eigenvalue weighted by Gasteiger charge is 2.38. The third-order valence-electron chi connectivity index (χ3n) is 3.56. The maximum Gasteiger partial charge on any atom is 0.0712 e. The third kappa shape index (κ3) is 2.60. The normalized spacial score (nSPS) is 32.9. The van der Waals surface area contributed by atoms with Gasteiger partial charge in [0.05, 0.1) is 5.60 Å². The largest absolute Gasteiger partial charge is 0.389 e. The third-order valence-corrected chi connectivity index (χ3v) is 3.56. The van der Waals surface area contributed by atoms with Gasteiger partial charge < -0.3 is 5.11 Å². The Hall–Kier alpha value is -0.300. The van der Waals surface area contributed by atoms with Crippen LogP contribution in [0.1, 0.15) is 58.8 Å². The van der Waals surface area contributed by atoms with Crippen LogP contribution >= 0.6 is 0 Å². The van der Waals surface area contributed by atoms with Crippen LogP contribution in [0.15, 0.2) is 12.2 Å². The second-order valence-electron chi connectivity index (χ2n) is 4.85. The molecule has 1 aliphatic carbocycles. The van der Waals surface area contributed by atoms with Crippen molar-refractivity contribution >= 4 is 0 Å². The molecule has 1 aliphatic rings. The van der Waals surface area contributed by atoms with Crippen LogP contribution in [0.3, 0.4) is 0 Å². The molecule has 0 saturated heterocycles. The molecule has 1 nitrogen and oxygen atoms in total. The molecule has 1 fully saturated rings. The number of hydrogen-bond acceptors (Lipinski definition) is 1. The molecule has 0 spiro atoms. The lowest BCUT2D eigenvalue weighted by atomic mass is 9.70. The van der Waals surface area contributed by atoms with Gasteiger partial charge in [0.15, 0.2) is 0 Å². The van der Waals surface area contributed by atoms with Gasteiger partial charge in [-0.15, -0.1) is 0 Å². The molecule has 0 aromatic rings. The molecule has 0 aromatic carbocycles. The summed E-state index contributed by atoms with van der Waals surface area (Å²) in [6.45, 7) is 8.27. The minimum absolute atomic E-state index is 0.350. The molecule has 1 saturated carbocycles. The Morgan fingerprint density at radius 3 is 2.79 bits per heavy atom. The lowest BCUT2D eigenvalue weighted by Crippen LogP contribution is -2.41. The van der Waals surface area contributed by atoms with E-state index in [0.29, 0.717) is 5.92 Å². The lowest BCUT2D eigenvalue weighted by Gasteiger charge is -2.40. The highest BCUT2D eigenvalue weighted by molar-refractivity contribution is 5.07. The summed E-state index contributed by atoms with van der Waals surface area (Å²) in [4.78, 5) is 0. The van der Waals surface area contributed by atoms with E-state index in [9.17, 15) is 5.11 Å². The van der Waals surface area contributed by atoms with Crippen LogP contribution in [-0.4, -0.2) is 10.7 Å². The predicted molar refractivity (Wildman–Crippen MR) is 61.2 cm³/mol. The smallest absolute Gasteiger partial charge is 0.0712 e. The Morgan fingerprint density at radius 2 is 2.21 bits per heavy atom. The average Bonchev–Trinajstić information content (AvgIpc) is 2.15. The van der Waals surface area contributed by atoms with E-state index in [2.05, 4.69) is 20.4 Å². The van der Waals surface area contributed by atoms with E-state index in [4.69, 9.17) is 0 Å². The fraction of sp³-hybridized carbons (Fsp3) is 0.846. The molecule has 1 N–H and O–H groups in total. The van der Waals surface area contributed by atoms with E-state index >= 15 is 0 Å². The molecule has 0 bridgehead atoms. The molecular weight excluding hydrogens is 172 g/mol.